The number of anilines is 1. The van der Waals surface area contributed by atoms with Crippen LogP contribution in [0.15, 0.2) is 34.1 Å². The largest absolute Gasteiger partial charge is 0.364 e. The van der Waals surface area contributed by atoms with Crippen LogP contribution in [0.3, 0.4) is 0 Å². The van der Waals surface area contributed by atoms with Gasteiger partial charge in [0.25, 0.3) is 0 Å². The highest BCUT2D eigenvalue weighted by molar-refractivity contribution is 9.10. The van der Waals surface area contributed by atoms with Gasteiger partial charge in [-0.05, 0) is 28.1 Å². The second-order valence-corrected chi connectivity index (χ2v) is 7.23. The fraction of sp³-hybridized carbons (Fsp3) is 0.333. The fourth-order valence-electron chi connectivity index (χ4n) is 1.67. The van der Waals surface area contributed by atoms with E-state index < -0.39 is 6.04 Å². The zero-order valence-corrected chi connectivity index (χ0v) is 14.0. The number of hydrogen-bond donors (Lipinski definition) is 1. The molecule has 5 heteroatoms. The van der Waals surface area contributed by atoms with Gasteiger partial charge in [-0.1, -0.05) is 32.9 Å². The Balaban J connectivity index is 2.24. The number of rotatable bonds is 3. The van der Waals surface area contributed by atoms with E-state index in [1.165, 1.54) is 0 Å². The molecule has 0 saturated carbocycles. The number of halogens is 1. The summed E-state index contributed by atoms with van der Waals surface area (Å²) in [6.07, 6.45) is 0. The van der Waals surface area contributed by atoms with Crippen LogP contribution in [0.25, 0.3) is 0 Å². The van der Waals surface area contributed by atoms with Crippen molar-refractivity contribution in [1.29, 1.82) is 5.26 Å². The molecule has 0 aliphatic heterocycles. The first kappa shape index (κ1) is 15.0. The molecule has 20 heavy (non-hydrogen) atoms. The van der Waals surface area contributed by atoms with Gasteiger partial charge in [0.05, 0.1) is 16.8 Å². The summed E-state index contributed by atoms with van der Waals surface area (Å²) in [5.41, 5.74) is 1.68. The molecular formula is C15H16BrN3S. The summed E-state index contributed by atoms with van der Waals surface area (Å²) in [5.74, 6) is 0. The van der Waals surface area contributed by atoms with E-state index in [9.17, 15) is 5.26 Å². The summed E-state index contributed by atoms with van der Waals surface area (Å²) < 4.78 is 0.937. The van der Waals surface area contributed by atoms with E-state index in [2.05, 4.69) is 53.1 Å². The molecule has 1 N–H and O–H groups in total. The van der Waals surface area contributed by atoms with E-state index in [4.69, 9.17) is 0 Å². The van der Waals surface area contributed by atoms with Crippen molar-refractivity contribution in [2.45, 2.75) is 32.2 Å². The zero-order valence-electron chi connectivity index (χ0n) is 11.6. The van der Waals surface area contributed by atoms with Crippen LogP contribution in [-0.4, -0.2) is 4.98 Å². The van der Waals surface area contributed by atoms with Gasteiger partial charge in [-0.25, -0.2) is 4.98 Å². The number of hydrogen-bond acceptors (Lipinski definition) is 4. The number of aromatic nitrogens is 1. The summed E-state index contributed by atoms with van der Waals surface area (Å²) in [5, 5.41) is 15.6. The average molecular weight is 350 g/mol. The third-order valence-electron chi connectivity index (χ3n) is 2.76. The molecule has 0 saturated heterocycles. The summed E-state index contributed by atoms with van der Waals surface area (Å²) in [4.78, 5) is 4.60. The van der Waals surface area contributed by atoms with E-state index >= 15 is 0 Å². The SMILES string of the molecule is CC(C)(C)c1nc(C(C#N)Nc2ccccc2Br)cs1. The van der Waals surface area contributed by atoms with Crippen LogP contribution in [0.4, 0.5) is 5.69 Å². The molecular weight excluding hydrogens is 334 g/mol. The van der Waals surface area contributed by atoms with Crippen LogP contribution >= 0.6 is 27.3 Å². The van der Waals surface area contributed by atoms with Crippen molar-refractivity contribution in [1.82, 2.24) is 4.98 Å². The molecule has 1 heterocycles. The number of benzene rings is 1. The van der Waals surface area contributed by atoms with E-state index in [1.807, 2.05) is 29.6 Å². The minimum Gasteiger partial charge on any atom is -0.364 e. The lowest BCUT2D eigenvalue weighted by Crippen LogP contribution is -2.13. The van der Waals surface area contributed by atoms with E-state index in [1.54, 1.807) is 11.3 Å². The van der Waals surface area contributed by atoms with Gasteiger partial charge in [-0.3, -0.25) is 0 Å². The molecule has 1 aromatic carbocycles. The van der Waals surface area contributed by atoms with Crippen LogP contribution in [0.5, 0.6) is 0 Å². The van der Waals surface area contributed by atoms with Crippen LogP contribution < -0.4 is 5.32 Å². The smallest absolute Gasteiger partial charge is 0.158 e. The quantitative estimate of drug-likeness (QED) is 0.858. The lowest BCUT2D eigenvalue weighted by Gasteiger charge is -2.15. The predicted octanol–water partition coefficient (Wildman–Crippen LogP) is 4.88. The molecule has 1 aromatic heterocycles. The Morgan fingerprint density at radius 3 is 2.60 bits per heavy atom. The van der Waals surface area contributed by atoms with E-state index in [-0.39, 0.29) is 5.41 Å². The Hall–Kier alpha value is -1.38. The summed E-state index contributed by atoms with van der Waals surface area (Å²) in [7, 11) is 0. The van der Waals surface area contributed by atoms with Crippen LogP contribution in [0, 0.1) is 11.3 Å². The minimum absolute atomic E-state index is 0.0102. The van der Waals surface area contributed by atoms with Crippen molar-refractivity contribution in [2.24, 2.45) is 0 Å². The Morgan fingerprint density at radius 2 is 2.05 bits per heavy atom. The maximum atomic E-state index is 9.38. The Morgan fingerprint density at radius 1 is 1.35 bits per heavy atom. The first-order valence-electron chi connectivity index (χ1n) is 6.28. The monoisotopic (exact) mass is 349 g/mol. The van der Waals surface area contributed by atoms with Crippen LogP contribution in [-0.2, 0) is 5.41 Å². The third kappa shape index (κ3) is 3.38. The van der Waals surface area contributed by atoms with Crippen molar-refractivity contribution in [3.8, 4) is 6.07 Å². The normalized spacial score (nSPS) is 12.8. The molecule has 0 spiro atoms. The second kappa shape index (κ2) is 5.94. The maximum absolute atomic E-state index is 9.38. The average Bonchev–Trinajstić information content (AvgIpc) is 2.87. The first-order valence-corrected chi connectivity index (χ1v) is 7.95. The molecule has 1 atom stereocenters. The Labute approximate surface area is 131 Å². The zero-order chi connectivity index (χ0) is 14.8. The fourth-order valence-corrected chi connectivity index (χ4v) is 3.00. The van der Waals surface area contributed by atoms with Crippen LogP contribution in [0.2, 0.25) is 0 Å². The van der Waals surface area contributed by atoms with Crippen molar-refractivity contribution in [3.63, 3.8) is 0 Å². The number of nitrogens with one attached hydrogen (secondary N) is 1. The topological polar surface area (TPSA) is 48.7 Å². The molecule has 104 valence electrons. The minimum atomic E-state index is -0.443. The molecule has 0 bridgehead atoms. The Bertz CT molecular complexity index is 637. The van der Waals surface area contributed by atoms with Crippen molar-refractivity contribution in [3.05, 3.63) is 44.8 Å². The number of para-hydroxylation sites is 1. The summed E-state index contributed by atoms with van der Waals surface area (Å²) in [6.45, 7) is 6.37. The molecule has 2 aromatic rings. The van der Waals surface area contributed by atoms with Crippen molar-refractivity contribution >= 4 is 33.0 Å². The molecule has 1 unspecified atom stereocenters. The van der Waals surface area contributed by atoms with Gasteiger partial charge in [0, 0.05) is 21.0 Å². The highest BCUT2D eigenvalue weighted by Gasteiger charge is 2.21. The second-order valence-electron chi connectivity index (χ2n) is 5.51. The van der Waals surface area contributed by atoms with Gasteiger partial charge in [-0.2, -0.15) is 5.26 Å². The molecule has 0 fully saturated rings. The molecule has 2 rings (SSSR count). The van der Waals surface area contributed by atoms with Crippen molar-refractivity contribution < 1.29 is 0 Å². The first-order chi connectivity index (χ1) is 9.41. The van der Waals surface area contributed by atoms with Crippen LogP contribution in [0.1, 0.15) is 37.5 Å². The van der Waals surface area contributed by atoms with Gasteiger partial charge in [-0.15, -0.1) is 11.3 Å². The molecule has 0 amide bonds. The van der Waals surface area contributed by atoms with Crippen molar-refractivity contribution in [2.75, 3.05) is 5.32 Å². The summed E-state index contributed by atoms with van der Waals surface area (Å²) in [6, 6.07) is 9.58. The van der Waals surface area contributed by atoms with E-state index in [0.717, 1.165) is 20.9 Å². The number of nitrogens with zero attached hydrogens (tertiary/aromatic N) is 2. The van der Waals surface area contributed by atoms with Gasteiger partial charge in [0.2, 0.25) is 0 Å². The van der Waals surface area contributed by atoms with E-state index in [0.29, 0.717) is 0 Å². The van der Waals surface area contributed by atoms with Gasteiger partial charge in [0.15, 0.2) is 6.04 Å². The standard InChI is InChI=1S/C15H16BrN3S/c1-15(2,3)14-19-13(9-20-14)12(8-17)18-11-7-5-4-6-10(11)16/h4-7,9,12,18H,1-3H3. The lowest BCUT2D eigenvalue weighted by atomic mass is 9.98. The molecule has 0 radical (unpaired) electrons. The Kier molecular flexibility index (Phi) is 4.46. The predicted molar refractivity (Wildman–Crippen MR) is 86.9 cm³/mol. The lowest BCUT2D eigenvalue weighted by molar-refractivity contribution is 0.582. The summed E-state index contributed by atoms with van der Waals surface area (Å²) >= 11 is 5.07. The van der Waals surface area contributed by atoms with Gasteiger partial charge < -0.3 is 5.32 Å². The molecule has 0 aliphatic carbocycles. The maximum Gasteiger partial charge on any atom is 0.158 e. The third-order valence-corrected chi connectivity index (χ3v) is 4.74. The van der Waals surface area contributed by atoms with Gasteiger partial charge >= 0.3 is 0 Å². The molecule has 3 nitrogen and oxygen atoms in total. The number of nitriles is 1. The highest BCUT2D eigenvalue weighted by Crippen LogP contribution is 2.30. The molecule has 0 aliphatic rings. The number of thiazole rings is 1. The van der Waals surface area contributed by atoms with Gasteiger partial charge in [0.1, 0.15) is 0 Å². The highest BCUT2D eigenvalue weighted by atomic mass is 79.9.